The van der Waals surface area contributed by atoms with Crippen LogP contribution in [0.3, 0.4) is 0 Å². The fraction of sp³-hybridized carbons (Fsp3) is 0.636. The van der Waals surface area contributed by atoms with Crippen molar-refractivity contribution in [2.24, 2.45) is 0 Å². The lowest BCUT2D eigenvalue weighted by Gasteiger charge is -2.34. The van der Waals surface area contributed by atoms with Crippen LogP contribution < -0.4 is 5.32 Å². The van der Waals surface area contributed by atoms with Crippen molar-refractivity contribution in [2.45, 2.75) is 38.6 Å². The highest BCUT2D eigenvalue weighted by molar-refractivity contribution is 7.12. The molecule has 0 radical (unpaired) electrons. The number of rotatable bonds is 1. The van der Waals surface area contributed by atoms with E-state index < -0.39 is 0 Å². The van der Waals surface area contributed by atoms with Gasteiger partial charge in [-0.25, -0.2) is 0 Å². The van der Waals surface area contributed by atoms with Crippen LogP contribution in [0.5, 0.6) is 0 Å². The van der Waals surface area contributed by atoms with Crippen molar-refractivity contribution in [1.82, 2.24) is 5.32 Å². The molecule has 0 bridgehead atoms. The van der Waals surface area contributed by atoms with Gasteiger partial charge in [-0.05, 0) is 51.8 Å². The minimum Gasteiger partial charge on any atom is -0.307 e. The number of aryl methyl sites for hydroxylation is 1. The quantitative estimate of drug-likeness (QED) is 0.726. The molecule has 2 heteroatoms. The summed E-state index contributed by atoms with van der Waals surface area (Å²) in [6.07, 6.45) is 3.98. The van der Waals surface area contributed by atoms with Gasteiger partial charge >= 0.3 is 0 Å². The molecular formula is C11H17NS. The van der Waals surface area contributed by atoms with Crippen LogP contribution in [0.25, 0.3) is 0 Å². The summed E-state index contributed by atoms with van der Waals surface area (Å²) < 4.78 is 0. The molecule has 1 aliphatic heterocycles. The van der Waals surface area contributed by atoms with Gasteiger partial charge in [-0.3, -0.25) is 0 Å². The van der Waals surface area contributed by atoms with Crippen molar-refractivity contribution in [3.05, 3.63) is 21.9 Å². The third kappa shape index (κ3) is 1.79. The summed E-state index contributed by atoms with van der Waals surface area (Å²) in [6.45, 7) is 5.69. The van der Waals surface area contributed by atoms with Crippen LogP contribution >= 0.6 is 11.3 Å². The molecule has 1 aromatic rings. The van der Waals surface area contributed by atoms with Crippen molar-refractivity contribution in [3.63, 3.8) is 0 Å². The Balaban J connectivity index is 2.22. The minimum atomic E-state index is 0.261. The smallest absolute Gasteiger partial charge is 0.0500 e. The maximum Gasteiger partial charge on any atom is 0.0500 e. The first kappa shape index (κ1) is 9.22. The molecule has 13 heavy (non-hydrogen) atoms. The van der Waals surface area contributed by atoms with E-state index in [0.717, 1.165) is 0 Å². The van der Waals surface area contributed by atoms with Gasteiger partial charge in [-0.15, -0.1) is 11.3 Å². The first-order valence-electron chi connectivity index (χ1n) is 5.03. The monoisotopic (exact) mass is 195 g/mol. The van der Waals surface area contributed by atoms with Crippen molar-refractivity contribution in [3.8, 4) is 0 Å². The fourth-order valence-corrected chi connectivity index (χ4v) is 3.02. The van der Waals surface area contributed by atoms with Crippen molar-refractivity contribution in [2.75, 3.05) is 6.54 Å². The van der Waals surface area contributed by atoms with Crippen molar-refractivity contribution >= 4 is 11.3 Å². The summed E-state index contributed by atoms with van der Waals surface area (Å²) >= 11 is 1.93. The molecule has 1 nitrogen and oxygen atoms in total. The van der Waals surface area contributed by atoms with E-state index in [1.165, 1.54) is 35.6 Å². The maximum absolute atomic E-state index is 3.64. The lowest BCUT2D eigenvalue weighted by Crippen LogP contribution is -2.42. The zero-order valence-corrected chi connectivity index (χ0v) is 9.21. The van der Waals surface area contributed by atoms with Gasteiger partial charge in [-0.2, -0.15) is 0 Å². The molecule has 0 spiro atoms. The molecule has 2 rings (SSSR count). The molecule has 1 atom stereocenters. The topological polar surface area (TPSA) is 12.0 Å². The first-order valence-corrected chi connectivity index (χ1v) is 5.84. The summed E-state index contributed by atoms with van der Waals surface area (Å²) in [6, 6.07) is 4.50. The molecule has 1 aliphatic rings. The molecule has 0 aromatic carbocycles. The van der Waals surface area contributed by atoms with E-state index in [1.807, 2.05) is 11.3 Å². The zero-order chi connectivity index (χ0) is 9.31. The first-order chi connectivity index (χ1) is 6.21. The van der Waals surface area contributed by atoms with Crippen molar-refractivity contribution in [1.29, 1.82) is 0 Å². The average molecular weight is 195 g/mol. The van der Waals surface area contributed by atoms with Crippen molar-refractivity contribution < 1.29 is 0 Å². The van der Waals surface area contributed by atoms with E-state index in [0.29, 0.717) is 0 Å². The Bertz CT molecular complexity index is 284. The van der Waals surface area contributed by atoms with E-state index >= 15 is 0 Å². The second-order valence-corrected chi connectivity index (χ2v) is 5.41. The summed E-state index contributed by atoms with van der Waals surface area (Å²) in [5.74, 6) is 0. The van der Waals surface area contributed by atoms with E-state index in [9.17, 15) is 0 Å². The van der Waals surface area contributed by atoms with Crippen LogP contribution in [0.2, 0.25) is 0 Å². The van der Waals surface area contributed by atoms with Gasteiger partial charge in [0.25, 0.3) is 0 Å². The van der Waals surface area contributed by atoms with Gasteiger partial charge in [0.15, 0.2) is 0 Å². The highest BCUT2D eigenvalue weighted by Gasteiger charge is 2.29. The molecule has 72 valence electrons. The summed E-state index contributed by atoms with van der Waals surface area (Å²) in [7, 11) is 0. The maximum atomic E-state index is 3.64. The molecule has 2 heterocycles. The predicted octanol–water partition coefficient (Wildman–Crippen LogP) is 3.05. The van der Waals surface area contributed by atoms with E-state index in [1.54, 1.807) is 0 Å². The lowest BCUT2D eigenvalue weighted by atomic mass is 9.89. The number of hydrogen-bond acceptors (Lipinski definition) is 2. The molecule has 0 aliphatic carbocycles. The summed E-state index contributed by atoms with van der Waals surface area (Å²) in [4.78, 5) is 2.92. The van der Waals surface area contributed by atoms with Crippen LogP contribution in [0, 0.1) is 6.92 Å². The lowest BCUT2D eigenvalue weighted by molar-refractivity contribution is 0.289. The van der Waals surface area contributed by atoms with E-state index in [-0.39, 0.29) is 5.54 Å². The summed E-state index contributed by atoms with van der Waals surface area (Å²) in [5, 5.41) is 3.64. The second-order valence-electron chi connectivity index (χ2n) is 4.13. The van der Waals surface area contributed by atoms with Crippen LogP contribution in [0.1, 0.15) is 35.9 Å². The standard InChI is InChI=1S/C11H17NS/c1-9-5-6-10(13-9)11(2)7-3-4-8-12-11/h5-6,12H,3-4,7-8H2,1-2H3. The molecular weight excluding hydrogens is 178 g/mol. The summed E-state index contributed by atoms with van der Waals surface area (Å²) in [5.41, 5.74) is 0.261. The minimum absolute atomic E-state index is 0.261. The van der Waals surface area contributed by atoms with Crippen LogP contribution in [-0.2, 0) is 5.54 Å². The Labute approximate surface area is 84.2 Å². The molecule has 1 unspecified atom stereocenters. The number of nitrogens with one attached hydrogen (secondary N) is 1. The normalized spacial score (nSPS) is 29.1. The molecule has 1 fully saturated rings. The van der Waals surface area contributed by atoms with Gasteiger partial charge in [0, 0.05) is 15.3 Å². The van der Waals surface area contributed by atoms with Gasteiger partial charge in [0.2, 0.25) is 0 Å². The van der Waals surface area contributed by atoms with Crippen LogP contribution in [-0.4, -0.2) is 6.54 Å². The van der Waals surface area contributed by atoms with Gasteiger partial charge < -0.3 is 5.32 Å². The molecule has 0 amide bonds. The average Bonchev–Trinajstić information content (AvgIpc) is 2.54. The molecule has 1 saturated heterocycles. The van der Waals surface area contributed by atoms with Crippen LogP contribution in [0.4, 0.5) is 0 Å². The highest BCUT2D eigenvalue weighted by Crippen LogP contribution is 2.34. The predicted molar refractivity (Wildman–Crippen MR) is 58.3 cm³/mol. The molecule has 1 aromatic heterocycles. The van der Waals surface area contributed by atoms with Crippen LogP contribution in [0.15, 0.2) is 12.1 Å². The Morgan fingerprint density at radius 1 is 1.38 bits per heavy atom. The Hall–Kier alpha value is -0.340. The zero-order valence-electron chi connectivity index (χ0n) is 8.39. The van der Waals surface area contributed by atoms with Gasteiger partial charge in [0.05, 0.1) is 0 Å². The van der Waals surface area contributed by atoms with Gasteiger partial charge in [-0.1, -0.05) is 0 Å². The Morgan fingerprint density at radius 2 is 2.23 bits per heavy atom. The SMILES string of the molecule is Cc1ccc(C2(C)CCCCN2)s1. The second kappa shape index (κ2) is 3.43. The van der Waals surface area contributed by atoms with E-state index in [2.05, 4.69) is 31.3 Å². The van der Waals surface area contributed by atoms with E-state index in [4.69, 9.17) is 0 Å². The number of piperidine rings is 1. The Morgan fingerprint density at radius 3 is 2.77 bits per heavy atom. The third-order valence-corrected chi connectivity index (χ3v) is 4.17. The Kier molecular flexibility index (Phi) is 2.43. The third-order valence-electron chi connectivity index (χ3n) is 2.90. The number of thiophene rings is 1. The highest BCUT2D eigenvalue weighted by atomic mass is 32.1. The molecule has 0 saturated carbocycles. The number of hydrogen-bond donors (Lipinski definition) is 1. The van der Waals surface area contributed by atoms with Gasteiger partial charge in [0.1, 0.15) is 0 Å². The molecule has 1 N–H and O–H groups in total. The largest absolute Gasteiger partial charge is 0.307 e. The fourth-order valence-electron chi connectivity index (χ4n) is 2.00.